The Bertz CT molecular complexity index is 1340. The summed E-state index contributed by atoms with van der Waals surface area (Å²) in [4.78, 5) is 17.7. The van der Waals surface area contributed by atoms with E-state index in [-0.39, 0.29) is 23.8 Å². The number of fused-ring (bicyclic) bond motifs is 1. The van der Waals surface area contributed by atoms with Crippen molar-refractivity contribution in [3.63, 3.8) is 0 Å². The quantitative estimate of drug-likeness (QED) is 0.511. The zero-order chi connectivity index (χ0) is 24.6. The third kappa shape index (κ3) is 4.71. The van der Waals surface area contributed by atoms with Crippen LogP contribution in [0.2, 0.25) is 0 Å². The Balaban J connectivity index is 1.44. The van der Waals surface area contributed by atoms with Crippen molar-refractivity contribution in [2.45, 2.75) is 31.9 Å². The number of anilines is 1. The lowest BCUT2D eigenvalue weighted by molar-refractivity contribution is -0.137. The molecule has 1 aliphatic heterocycles. The first-order valence-electron chi connectivity index (χ1n) is 11.4. The highest BCUT2D eigenvalue weighted by atomic mass is 19.4. The van der Waals surface area contributed by atoms with Gasteiger partial charge in [0.15, 0.2) is 0 Å². The van der Waals surface area contributed by atoms with Crippen LogP contribution in [0.4, 0.5) is 18.9 Å². The van der Waals surface area contributed by atoms with E-state index in [1.807, 2.05) is 24.3 Å². The second-order valence-electron chi connectivity index (χ2n) is 8.64. The molecule has 2 aliphatic rings. The first kappa shape index (κ1) is 22.9. The largest absolute Gasteiger partial charge is 0.416 e. The van der Waals surface area contributed by atoms with E-state index < -0.39 is 11.7 Å². The lowest BCUT2D eigenvalue weighted by Gasteiger charge is -2.18. The summed E-state index contributed by atoms with van der Waals surface area (Å²) in [6.45, 7) is 1.36. The summed E-state index contributed by atoms with van der Waals surface area (Å²) in [7, 11) is 0. The fourth-order valence-electron chi connectivity index (χ4n) is 4.56. The van der Waals surface area contributed by atoms with Gasteiger partial charge in [0.1, 0.15) is 0 Å². The predicted molar refractivity (Wildman–Crippen MR) is 126 cm³/mol. The van der Waals surface area contributed by atoms with Gasteiger partial charge in [-0.25, -0.2) is 0 Å². The van der Waals surface area contributed by atoms with Crippen LogP contribution in [-0.4, -0.2) is 29.1 Å². The van der Waals surface area contributed by atoms with Crippen LogP contribution >= 0.6 is 0 Å². The minimum atomic E-state index is -4.47. The standard InChI is InChI=1S/C26H23F3N4O2/c27-26(28,29)21-8-6-19(15-20(21)16-4-2-1-3-5-16)25-31-24(32-35-25)18-7-9-22-17(14-18)10-12-33(22)13-11-23(30)34/h1-2,4,6-9,14-15H,3,5,10-13H2,(H2,30,34). The van der Waals surface area contributed by atoms with Crippen molar-refractivity contribution in [1.82, 2.24) is 10.1 Å². The topological polar surface area (TPSA) is 85.3 Å². The average Bonchev–Trinajstić information content (AvgIpc) is 3.49. The SMILES string of the molecule is NC(=O)CCN1CCc2cc(-c3noc(-c4ccc(C(F)(F)F)c(C5=CC=CCC5)c4)n3)ccc21. The number of alkyl halides is 3. The minimum Gasteiger partial charge on any atom is -0.370 e. The summed E-state index contributed by atoms with van der Waals surface area (Å²) in [6.07, 6.45) is 3.29. The number of benzene rings is 2. The fraction of sp³-hybridized carbons (Fsp3) is 0.269. The summed E-state index contributed by atoms with van der Waals surface area (Å²) in [6, 6.07) is 9.71. The lowest BCUT2D eigenvalue weighted by Crippen LogP contribution is -2.26. The van der Waals surface area contributed by atoms with Crippen molar-refractivity contribution in [3.05, 3.63) is 71.3 Å². The van der Waals surface area contributed by atoms with Crippen LogP contribution in [0.3, 0.4) is 0 Å². The van der Waals surface area contributed by atoms with Gasteiger partial charge in [0.25, 0.3) is 5.89 Å². The monoisotopic (exact) mass is 480 g/mol. The number of amides is 1. The highest BCUT2D eigenvalue weighted by Gasteiger charge is 2.34. The average molecular weight is 480 g/mol. The smallest absolute Gasteiger partial charge is 0.370 e. The summed E-state index contributed by atoms with van der Waals surface area (Å²) < 4.78 is 46.4. The third-order valence-corrected chi connectivity index (χ3v) is 6.32. The Kier molecular flexibility index (Phi) is 5.92. The second kappa shape index (κ2) is 9.05. The molecule has 1 amide bonds. The molecule has 0 unspecified atom stereocenters. The maximum absolute atomic E-state index is 13.7. The zero-order valence-corrected chi connectivity index (χ0v) is 18.8. The van der Waals surface area contributed by atoms with Crippen LogP contribution < -0.4 is 10.6 Å². The van der Waals surface area contributed by atoms with Gasteiger partial charge < -0.3 is 15.2 Å². The van der Waals surface area contributed by atoms with Crippen molar-refractivity contribution < 1.29 is 22.5 Å². The molecule has 1 aromatic heterocycles. The van der Waals surface area contributed by atoms with Gasteiger partial charge in [-0.15, -0.1) is 0 Å². The van der Waals surface area contributed by atoms with Crippen LogP contribution in [0.25, 0.3) is 28.4 Å². The molecule has 0 radical (unpaired) electrons. The molecule has 0 atom stereocenters. The van der Waals surface area contributed by atoms with E-state index in [1.54, 1.807) is 12.2 Å². The maximum atomic E-state index is 13.7. The number of allylic oxidation sites excluding steroid dienone is 4. The van der Waals surface area contributed by atoms with Gasteiger partial charge in [-0.05, 0) is 72.4 Å². The molecule has 3 aromatic rings. The van der Waals surface area contributed by atoms with Gasteiger partial charge in [0.2, 0.25) is 11.7 Å². The number of hydrogen-bond acceptors (Lipinski definition) is 5. The number of carbonyl (C=O) groups excluding carboxylic acids is 1. The van der Waals surface area contributed by atoms with E-state index in [0.717, 1.165) is 35.8 Å². The fourth-order valence-corrected chi connectivity index (χ4v) is 4.56. The van der Waals surface area contributed by atoms with E-state index in [0.29, 0.717) is 36.3 Å². The maximum Gasteiger partial charge on any atom is 0.416 e. The molecule has 6 nitrogen and oxygen atoms in total. The number of carbonyl (C=O) groups is 1. The van der Waals surface area contributed by atoms with Crippen LogP contribution in [-0.2, 0) is 17.4 Å². The van der Waals surface area contributed by atoms with Crippen LogP contribution in [0, 0.1) is 0 Å². The van der Waals surface area contributed by atoms with Crippen molar-refractivity contribution in [3.8, 4) is 22.8 Å². The van der Waals surface area contributed by atoms with Crippen molar-refractivity contribution >= 4 is 17.2 Å². The van der Waals surface area contributed by atoms with Gasteiger partial charge >= 0.3 is 6.18 Å². The Labute approximate surface area is 199 Å². The van der Waals surface area contributed by atoms with E-state index in [9.17, 15) is 18.0 Å². The van der Waals surface area contributed by atoms with Gasteiger partial charge in [-0.1, -0.05) is 23.4 Å². The second-order valence-corrected chi connectivity index (χ2v) is 8.64. The Hall–Kier alpha value is -3.88. The Morgan fingerprint density at radius 2 is 1.94 bits per heavy atom. The number of rotatable bonds is 6. The molecule has 2 N–H and O–H groups in total. The van der Waals surface area contributed by atoms with Crippen LogP contribution in [0.1, 0.15) is 36.0 Å². The number of hydrogen-bond donors (Lipinski definition) is 1. The molecule has 1 aliphatic carbocycles. The predicted octanol–water partition coefficient (Wildman–Crippen LogP) is 5.39. The summed E-state index contributed by atoms with van der Waals surface area (Å²) in [5, 5.41) is 4.07. The molecule has 9 heteroatoms. The van der Waals surface area contributed by atoms with Gasteiger partial charge in [0.05, 0.1) is 5.56 Å². The molecular formula is C26H23F3N4O2. The van der Waals surface area contributed by atoms with Crippen molar-refractivity contribution in [2.24, 2.45) is 5.73 Å². The Morgan fingerprint density at radius 3 is 2.69 bits per heavy atom. The zero-order valence-electron chi connectivity index (χ0n) is 18.8. The molecule has 2 aromatic carbocycles. The van der Waals surface area contributed by atoms with Crippen molar-refractivity contribution in [1.29, 1.82) is 0 Å². The van der Waals surface area contributed by atoms with Gasteiger partial charge in [0, 0.05) is 36.3 Å². The number of aromatic nitrogens is 2. The summed E-state index contributed by atoms with van der Waals surface area (Å²) >= 11 is 0. The van der Waals surface area contributed by atoms with Gasteiger partial charge in [-0.3, -0.25) is 4.79 Å². The highest BCUT2D eigenvalue weighted by molar-refractivity contribution is 5.76. The van der Waals surface area contributed by atoms with E-state index >= 15 is 0 Å². The van der Waals surface area contributed by atoms with E-state index in [4.69, 9.17) is 10.3 Å². The third-order valence-electron chi connectivity index (χ3n) is 6.32. The minimum absolute atomic E-state index is 0.132. The molecule has 180 valence electrons. The van der Waals surface area contributed by atoms with Crippen molar-refractivity contribution in [2.75, 3.05) is 18.0 Å². The molecule has 5 rings (SSSR count). The number of halogens is 3. The summed E-state index contributed by atoms with van der Waals surface area (Å²) in [5.41, 5.74) is 8.68. The molecule has 0 bridgehead atoms. The molecule has 0 fully saturated rings. The first-order chi connectivity index (χ1) is 16.8. The molecule has 35 heavy (non-hydrogen) atoms. The summed E-state index contributed by atoms with van der Waals surface area (Å²) in [5.74, 6) is 0.183. The van der Waals surface area contributed by atoms with Gasteiger partial charge in [-0.2, -0.15) is 18.2 Å². The lowest BCUT2D eigenvalue weighted by atomic mass is 9.91. The first-order valence-corrected chi connectivity index (χ1v) is 11.4. The normalized spacial score (nSPS) is 15.3. The van der Waals surface area contributed by atoms with Crippen LogP contribution in [0.15, 0.2) is 59.1 Å². The highest BCUT2D eigenvalue weighted by Crippen LogP contribution is 2.39. The number of nitrogens with two attached hydrogens (primary N) is 1. The molecule has 0 saturated carbocycles. The molecule has 2 heterocycles. The molecular weight excluding hydrogens is 457 g/mol. The van der Waals surface area contributed by atoms with E-state index in [1.165, 1.54) is 12.1 Å². The molecule has 0 saturated heterocycles. The number of nitrogens with zero attached hydrogens (tertiary/aromatic N) is 3. The Morgan fingerprint density at radius 1 is 1.11 bits per heavy atom. The van der Waals surface area contributed by atoms with E-state index in [2.05, 4.69) is 15.0 Å². The molecule has 0 spiro atoms. The number of primary amides is 1. The van der Waals surface area contributed by atoms with Crippen LogP contribution in [0.5, 0.6) is 0 Å².